The molecule has 1 rings (SSSR count). The molecule has 1 aromatic carbocycles. The zero-order chi connectivity index (χ0) is 15.0. The first-order valence-electron chi connectivity index (χ1n) is 6.50. The summed E-state index contributed by atoms with van der Waals surface area (Å²) in [6.07, 6.45) is 0. The van der Waals surface area contributed by atoms with E-state index in [1.165, 1.54) is 0 Å². The Morgan fingerprint density at radius 1 is 1.50 bits per heavy atom. The van der Waals surface area contributed by atoms with Crippen LogP contribution in [-0.2, 0) is 16.1 Å². The summed E-state index contributed by atoms with van der Waals surface area (Å²) in [5.74, 6) is -1.28. The number of nitriles is 1. The van der Waals surface area contributed by atoms with E-state index in [-0.39, 0.29) is 0 Å². The van der Waals surface area contributed by atoms with Crippen LogP contribution in [0.15, 0.2) is 24.3 Å². The van der Waals surface area contributed by atoms with Gasteiger partial charge in [-0.3, -0.25) is 9.69 Å². The summed E-state index contributed by atoms with van der Waals surface area (Å²) >= 11 is 0. The van der Waals surface area contributed by atoms with Crippen LogP contribution in [0, 0.1) is 17.2 Å². The highest BCUT2D eigenvalue weighted by molar-refractivity contribution is 5.69. The highest BCUT2D eigenvalue weighted by Crippen LogP contribution is 2.12. The normalized spacial score (nSPS) is 12.1. The van der Waals surface area contributed by atoms with E-state index < -0.39 is 11.9 Å². The minimum absolute atomic E-state index is 0.429. The van der Waals surface area contributed by atoms with Crippen LogP contribution >= 0.6 is 0 Å². The average Bonchev–Trinajstić information content (AvgIpc) is 2.45. The first-order chi connectivity index (χ1) is 9.58. The van der Waals surface area contributed by atoms with Crippen molar-refractivity contribution in [2.45, 2.75) is 13.5 Å². The molecule has 1 unspecified atom stereocenters. The Labute approximate surface area is 119 Å². The van der Waals surface area contributed by atoms with Crippen molar-refractivity contribution in [3.63, 3.8) is 0 Å². The third-order valence-electron chi connectivity index (χ3n) is 3.10. The summed E-state index contributed by atoms with van der Waals surface area (Å²) in [6.45, 7) is 3.82. The number of methoxy groups -OCH3 is 1. The van der Waals surface area contributed by atoms with Crippen LogP contribution in [0.5, 0.6) is 0 Å². The van der Waals surface area contributed by atoms with Gasteiger partial charge < -0.3 is 9.84 Å². The van der Waals surface area contributed by atoms with Crippen LogP contribution in [-0.4, -0.2) is 42.8 Å². The van der Waals surface area contributed by atoms with Crippen molar-refractivity contribution in [3.05, 3.63) is 35.4 Å². The highest BCUT2D eigenvalue weighted by atomic mass is 16.5. The van der Waals surface area contributed by atoms with Crippen molar-refractivity contribution in [2.75, 3.05) is 26.8 Å². The van der Waals surface area contributed by atoms with Crippen LogP contribution < -0.4 is 0 Å². The second-order valence-electron chi connectivity index (χ2n) is 4.74. The van der Waals surface area contributed by atoms with Gasteiger partial charge >= 0.3 is 5.97 Å². The number of hydrogen-bond acceptors (Lipinski definition) is 4. The van der Waals surface area contributed by atoms with Gasteiger partial charge in [0.1, 0.15) is 0 Å². The molecular formula is C15H20N2O3. The summed E-state index contributed by atoms with van der Waals surface area (Å²) in [6, 6.07) is 9.52. The zero-order valence-electron chi connectivity index (χ0n) is 11.9. The second kappa shape index (κ2) is 8.31. The molecule has 0 heterocycles. The monoisotopic (exact) mass is 276 g/mol. The van der Waals surface area contributed by atoms with Crippen molar-refractivity contribution < 1.29 is 14.6 Å². The van der Waals surface area contributed by atoms with Gasteiger partial charge in [0.2, 0.25) is 0 Å². The number of carboxylic acids is 1. The topological polar surface area (TPSA) is 73.6 Å². The fourth-order valence-corrected chi connectivity index (χ4v) is 1.93. The Hall–Kier alpha value is -1.90. The van der Waals surface area contributed by atoms with Crippen molar-refractivity contribution in [1.82, 2.24) is 4.90 Å². The Bertz CT molecular complexity index is 482. The van der Waals surface area contributed by atoms with Gasteiger partial charge in [-0.05, 0) is 11.6 Å². The lowest BCUT2D eigenvalue weighted by atomic mass is 10.1. The van der Waals surface area contributed by atoms with Crippen LogP contribution in [0.3, 0.4) is 0 Å². The van der Waals surface area contributed by atoms with Gasteiger partial charge in [-0.1, -0.05) is 25.1 Å². The lowest BCUT2D eigenvalue weighted by molar-refractivity contribution is -0.141. The summed E-state index contributed by atoms with van der Waals surface area (Å²) in [5, 5.41) is 18.1. The third-order valence-corrected chi connectivity index (χ3v) is 3.10. The van der Waals surface area contributed by atoms with Crippen LogP contribution in [0.2, 0.25) is 0 Å². The minimum atomic E-state index is -0.819. The molecule has 1 N–H and O–H groups in total. The molecule has 0 aliphatic rings. The number of carboxylic acid groups (broad SMARTS) is 1. The number of hydrogen-bond donors (Lipinski definition) is 1. The molecule has 1 aromatic rings. The molecule has 0 aliphatic heterocycles. The largest absolute Gasteiger partial charge is 0.481 e. The molecule has 0 aliphatic carbocycles. The molecule has 0 bridgehead atoms. The van der Waals surface area contributed by atoms with Crippen LogP contribution in [0.25, 0.3) is 0 Å². The van der Waals surface area contributed by atoms with E-state index in [9.17, 15) is 4.79 Å². The molecule has 20 heavy (non-hydrogen) atoms. The molecule has 0 fully saturated rings. The van der Waals surface area contributed by atoms with Gasteiger partial charge in [-0.15, -0.1) is 0 Å². The summed E-state index contributed by atoms with van der Waals surface area (Å²) in [7, 11) is 1.61. The highest BCUT2D eigenvalue weighted by Gasteiger charge is 2.17. The maximum absolute atomic E-state index is 11.0. The van der Waals surface area contributed by atoms with Gasteiger partial charge in [0, 0.05) is 26.7 Å². The minimum Gasteiger partial charge on any atom is -0.481 e. The van der Waals surface area contributed by atoms with Crippen molar-refractivity contribution in [3.8, 4) is 6.07 Å². The number of benzene rings is 1. The van der Waals surface area contributed by atoms with Gasteiger partial charge in [0.25, 0.3) is 0 Å². The molecule has 0 saturated heterocycles. The molecule has 5 nitrogen and oxygen atoms in total. The summed E-state index contributed by atoms with van der Waals surface area (Å²) < 4.78 is 5.05. The number of ether oxygens (including phenoxy) is 1. The smallest absolute Gasteiger partial charge is 0.307 e. The molecule has 0 spiro atoms. The molecule has 0 aromatic heterocycles. The van der Waals surface area contributed by atoms with Gasteiger partial charge in [0.05, 0.1) is 24.2 Å². The second-order valence-corrected chi connectivity index (χ2v) is 4.74. The van der Waals surface area contributed by atoms with E-state index in [2.05, 4.69) is 6.07 Å². The van der Waals surface area contributed by atoms with E-state index in [1.807, 2.05) is 23.1 Å². The lowest BCUT2D eigenvalue weighted by Gasteiger charge is -2.24. The summed E-state index contributed by atoms with van der Waals surface area (Å²) in [5.41, 5.74) is 1.53. The maximum atomic E-state index is 11.0. The van der Waals surface area contributed by atoms with Crippen LogP contribution in [0.4, 0.5) is 0 Å². The van der Waals surface area contributed by atoms with E-state index in [0.29, 0.717) is 31.8 Å². The van der Waals surface area contributed by atoms with Crippen molar-refractivity contribution in [1.29, 1.82) is 5.26 Å². The van der Waals surface area contributed by atoms with E-state index >= 15 is 0 Å². The maximum Gasteiger partial charge on any atom is 0.307 e. The van der Waals surface area contributed by atoms with Crippen molar-refractivity contribution in [2.24, 2.45) is 5.92 Å². The summed E-state index contributed by atoms with van der Waals surface area (Å²) in [4.78, 5) is 13.0. The van der Waals surface area contributed by atoms with E-state index in [0.717, 1.165) is 5.56 Å². The zero-order valence-corrected chi connectivity index (χ0v) is 11.9. The number of aliphatic carboxylic acids is 1. The molecule has 0 saturated carbocycles. The third kappa shape index (κ3) is 5.00. The van der Waals surface area contributed by atoms with Crippen LogP contribution in [0.1, 0.15) is 18.1 Å². The molecule has 0 radical (unpaired) electrons. The van der Waals surface area contributed by atoms with Gasteiger partial charge in [-0.25, -0.2) is 0 Å². The lowest BCUT2D eigenvalue weighted by Crippen LogP contribution is -2.34. The Kier molecular flexibility index (Phi) is 6.71. The number of nitrogens with zero attached hydrogens (tertiary/aromatic N) is 2. The average molecular weight is 276 g/mol. The fourth-order valence-electron chi connectivity index (χ4n) is 1.93. The predicted octanol–water partition coefficient (Wildman–Crippen LogP) is 1.73. The number of rotatable bonds is 8. The molecule has 108 valence electrons. The van der Waals surface area contributed by atoms with Crippen molar-refractivity contribution >= 4 is 5.97 Å². The first-order valence-corrected chi connectivity index (χ1v) is 6.50. The predicted molar refractivity (Wildman–Crippen MR) is 75.1 cm³/mol. The van der Waals surface area contributed by atoms with E-state index in [1.54, 1.807) is 20.1 Å². The van der Waals surface area contributed by atoms with Gasteiger partial charge in [0.15, 0.2) is 0 Å². The fraction of sp³-hybridized carbons (Fsp3) is 0.467. The Morgan fingerprint density at radius 3 is 2.80 bits per heavy atom. The van der Waals surface area contributed by atoms with E-state index in [4.69, 9.17) is 15.1 Å². The molecule has 5 heteroatoms. The number of carbonyl (C=O) groups is 1. The molecule has 1 atom stereocenters. The first kappa shape index (κ1) is 16.2. The quantitative estimate of drug-likeness (QED) is 0.782. The molecular weight excluding hydrogens is 256 g/mol. The Morgan fingerprint density at radius 2 is 2.20 bits per heavy atom. The Balaban J connectivity index is 2.78. The molecule has 0 amide bonds. The standard InChI is InChI=1S/C15H20N2O3/c1-12(15(18)19)10-17(7-8-20-2)11-14-6-4-3-5-13(14)9-16/h3-6,12H,7-8,10-11H2,1-2H3,(H,18,19). The van der Waals surface area contributed by atoms with Gasteiger partial charge in [-0.2, -0.15) is 5.26 Å². The SMILES string of the molecule is COCCN(Cc1ccccc1C#N)CC(C)C(=O)O.